The molecule has 11 heteroatoms. The van der Waals surface area contributed by atoms with Gasteiger partial charge in [-0.1, -0.05) is 24.0 Å². The number of amides is 2. The van der Waals surface area contributed by atoms with Crippen molar-refractivity contribution >= 4 is 23.2 Å². The molecule has 2 aliphatic rings. The fraction of sp³-hybridized carbons (Fsp3) is 0.344. The van der Waals surface area contributed by atoms with Crippen LogP contribution in [0, 0.1) is 17.7 Å². The molecule has 4 heterocycles. The molecule has 1 saturated heterocycles. The Labute approximate surface area is 250 Å². The van der Waals surface area contributed by atoms with Gasteiger partial charge in [0, 0.05) is 62.3 Å². The fourth-order valence-electron chi connectivity index (χ4n) is 5.06. The highest BCUT2D eigenvalue weighted by Gasteiger charge is 2.28. The molecule has 2 aromatic heterocycles. The number of hydrogen-bond donors (Lipinski definition) is 4. The van der Waals surface area contributed by atoms with Crippen LogP contribution in [0.5, 0.6) is 5.75 Å². The average molecular weight is 587 g/mol. The lowest BCUT2D eigenvalue weighted by atomic mass is 10.0. The number of benzene rings is 1. The van der Waals surface area contributed by atoms with E-state index in [1.807, 2.05) is 19.9 Å². The maximum absolute atomic E-state index is 14.5. The van der Waals surface area contributed by atoms with E-state index in [0.29, 0.717) is 66.5 Å². The first kappa shape index (κ1) is 29.8. The first-order valence-electron chi connectivity index (χ1n) is 14.1. The van der Waals surface area contributed by atoms with Gasteiger partial charge in [-0.3, -0.25) is 19.5 Å². The van der Waals surface area contributed by atoms with Crippen LogP contribution in [0.1, 0.15) is 35.5 Å². The molecule has 0 unspecified atom stereocenters. The van der Waals surface area contributed by atoms with Crippen molar-refractivity contribution in [1.82, 2.24) is 25.5 Å². The Morgan fingerprint density at radius 2 is 2.09 bits per heavy atom. The second kappa shape index (κ2) is 13.1. The van der Waals surface area contributed by atoms with Crippen molar-refractivity contribution in [3.8, 4) is 28.8 Å². The van der Waals surface area contributed by atoms with E-state index in [0.717, 1.165) is 18.8 Å². The number of pyridine rings is 1. The Hall–Kier alpha value is -4.66. The average Bonchev–Trinajstić information content (AvgIpc) is 3.36. The van der Waals surface area contributed by atoms with Gasteiger partial charge in [-0.25, -0.2) is 4.39 Å². The van der Waals surface area contributed by atoms with Crippen molar-refractivity contribution in [3.05, 3.63) is 71.4 Å². The number of nitrogens with one attached hydrogen (secondary N) is 4. The summed E-state index contributed by atoms with van der Waals surface area (Å²) >= 11 is 0. The number of anilines is 2. The molecule has 2 amide bonds. The molecule has 0 spiro atoms. The number of fused-ring (bicyclic) bond motifs is 1. The smallest absolute Gasteiger partial charge is 0.255 e. The van der Waals surface area contributed by atoms with Crippen LogP contribution in [0.3, 0.4) is 0 Å². The number of halogens is 1. The van der Waals surface area contributed by atoms with Crippen molar-refractivity contribution in [3.63, 3.8) is 0 Å². The highest BCUT2D eigenvalue weighted by Crippen LogP contribution is 2.40. The Morgan fingerprint density at radius 1 is 1.28 bits per heavy atom. The van der Waals surface area contributed by atoms with Crippen molar-refractivity contribution in [1.29, 1.82) is 0 Å². The molecule has 1 fully saturated rings. The van der Waals surface area contributed by atoms with Gasteiger partial charge in [0.25, 0.3) is 5.91 Å². The van der Waals surface area contributed by atoms with Gasteiger partial charge in [0.1, 0.15) is 0 Å². The molecule has 3 aromatic rings. The standard InChI is InChI=1S/C32H35FN6O4/c1-32(2,38-26(40)8-5-15-39-16-18-43-19-17-39)12-9-21-20-34-13-10-22(21)28-29(27-24(36-28)11-14-35-31(27)41)37-25-7-4-6-23(33)30(25)42-3/h4-8,10,13,20,36-37H,11,14-19H2,1-3H3,(H,35,41)(H,38,40)/b8-5+. The number of ether oxygens (including phenoxy) is 2. The Bertz CT molecular complexity index is 1600. The summed E-state index contributed by atoms with van der Waals surface area (Å²) in [5, 5.41) is 9.07. The van der Waals surface area contributed by atoms with Crippen LogP contribution in [0.25, 0.3) is 11.3 Å². The van der Waals surface area contributed by atoms with Gasteiger partial charge < -0.3 is 30.4 Å². The van der Waals surface area contributed by atoms with Crippen molar-refractivity contribution < 1.29 is 23.5 Å². The topological polar surface area (TPSA) is 121 Å². The lowest BCUT2D eigenvalue weighted by molar-refractivity contribution is -0.117. The number of H-pyrrole nitrogens is 1. The summed E-state index contributed by atoms with van der Waals surface area (Å²) < 4.78 is 25.2. The third kappa shape index (κ3) is 7.05. The van der Waals surface area contributed by atoms with Gasteiger partial charge in [-0.05, 0) is 32.0 Å². The third-order valence-electron chi connectivity index (χ3n) is 7.17. The van der Waals surface area contributed by atoms with Crippen LogP contribution in [0.2, 0.25) is 0 Å². The van der Waals surface area contributed by atoms with Crippen molar-refractivity contribution in [2.24, 2.45) is 0 Å². The largest absolute Gasteiger partial charge is 0.492 e. The molecule has 0 bridgehead atoms. The van der Waals surface area contributed by atoms with Crippen molar-refractivity contribution in [2.45, 2.75) is 25.8 Å². The summed E-state index contributed by atoms with van der Waals surface area (Å²) in [7, 11) is 1.39. The predicted octanol–water partition coefficient (Wildman–Crippen LogP) is 3.39. The number of aromatic amines is 1. The number of nitrogens with zero attached hydrogens (tertiary/aromatic N) is 2. The summed E-state index contributed by atoms with van der Waals surface area (Å²) in [6.07, 6.45) is 7.24. The van der Waals surface area contributed by atoms with Gasteiger partial charge >= 0.3 is 0 Å². The van der Waals surface area contributed by atoms with Gasteiger partial charge in [0.05, 0.1) is 54.1 Å². The molecular weight excluding hydrogens is 551 g/mol. The van der Waals surface area contributed by atoms with E-state index < -0.39 is 11.4 Å². The SMILES string of the molecule is COc1c(F)cccc1Nc1c(-c2ccncc2C#CC(C)(C)NC(=O)/C=C/CN2CCOCC2)[nH]c2c1C(=O)NCC2. The van der Waals surface area contributed by atoms with E-state index in [1.54, 1.807) is 30.6 Å². The van der Waals surface area contributed by atoms with Gasteiger partial charge in [0.2, 0.25) is 5.91 Å². The molecule has 43 heavy (non-hydrogen) atoms. The van der Waals surface area contributed by atoms with Crippen LogP contribution >= 0.6 is 0 Å². The zero-order valence-corrected chi connectivity index (χ0v) is 24.5. The zero-order chi connectivity index (χ0) is 30.4. The molecule has 0 saturated carbocycles. The van der Waals surface area contributed by atoms with Crippen LogP contribution < -0.4 is 20.7 Å². The normalized spacial score (nSPS) is 15.3. The summed E-state index contributed by atoms with van der Waals surface area (Å²) in [4.78, 5) is 35.5. The summed E-state index contributed by atoms with van der Waals surface area (Å²) in [5.41, 5.74) is 3.07. The Kier molecular flexibility index (Phi) is 9.09. The lowest BCUT2D eigenvalue weighted by Crippen LogP contribution is -2.41. The Balaban J connectivity index is 1.43. The molecule has 224 valence electrons. The van der Waals surface area contributed by atoms with Crippen LogP contribution in [-0.4, -0.2) is 78.7 Å². The van der Waals surface area contributed by atoms with E-state index in [1.165, 1.54) is 19.3 Å². The van der Waals surface area contributed by atoms with E-state index in [-0.39, 0.29) is 17.6 Å². The van der Waals surface area contributed by atoms with Crippen molar-refractivity contribution in [2.75, 3.05) is 51.8 Å². The quantitative estimate of drug-likeness (QED) is 0.236. The number of morpholine rings is 1. The molecule has 10 nitrogen and oxygen atoms in total. The van der Waals surface area contributed by atoms with Gasteiger partial charge in [-0.2, -0.15) is 0 Å². The number of carbonyl (C=O) groups is 2. The number of carbonyl (C=O) groups excluding carboxylic acids is 2. The fourth-order valence-corrected chi connectivity index (χ4v) is 5.06. The number of para-hydroxylation sites is 1. The van der Waals surface area contributed by atoms with Crippen LogP contribution in [0.15, 0.2) is 48.8 Å². The maximum Gasteiger partial charge on any atom is 0.255 e. The Morgan fingerprint density at radius 3 is 2.88 bits per heavy atom. The molecule has 1 aromatic carbocycles. The maximum atomic E-state index is 14.5. The monoisotopic (exact) mass is 586 g/mol. The number of aromatic nitrogens is 2. The lowest BCUT2D eigenvalue weighted by Gasteiger charge is -2.25. The molecule has 5 rings (SSSR count). The first-order chi connectivity index (χ1) is 20.8. The number of rotatable bonds is 8. The molecule has 0 radical (unpaired) electrons. The second-order valence-electron chi connectivity index (χ2n) is 10.8. The highest BCUT2D eigenvalue weighted by atomic mass is 19.1. The number of methoxy groups -OCH3 is 1. The summed E-state index contributed by atoms with van der Waals surface area (Å²) in [6.45, 7) is 7.91. The van der Waals surface area contributed by atoms with E-state index >= 15 is 0 Å². The van der Waals surface area contributed by atoms with E-state index in [4.69, 9.17) is 9.47 Å². The summed E-state index contributed by atoms with van der Waals surface area (Å²) in [6, 6.07) is 6.35. The minimum Gasteiger partial charge on any atom is -0.492 e. The predicted molar refractivity (Wildman–Crippen MR) is 162 cm³/mol. The molecule has 0 atom stereocenters. The van der Waals surface area contributed by atoms with Crippen LogP contribution in [-0.2, 0) is 16.0 Å². The minimum atomic E-state index is -0.849. The molecule has 4 N–H and O–H groups in total. The van der Waals surface area contributed by atoms with Gasteiger partial charge in [-0.15, -0.1) is 0 Å². The minimum absolute atomic E-state index is 0.0332. The highest BCUT2D eigenvalue weighted by molar-refractivity contribution is 6.06. The van der Waals surface area contributed by atoms with Crippen LogP contribution in [0.4, 0.5) is 15.8 Å². The third-order valence-corrected chi connectivity index (χ3v) is 7.17. The molecule has 0 aliphatic carbocycles. The molecule has 2 aliphatic heterocycles. The summed E-state index contributed by atoms with van der Waals surface area (Å²) in [5.74, 6) is 5.35. The zero-order valence-electron chi connectivity index (χ0n) is 24.5. The molecular formula is C32H35FN6O4. The van der Waals surface area contributed by atoms with E-state index in [2.05, 4.69) is 42.7 Å². The van der Waals surface area contributed by atoms with Gasteiger partial charge in [0.15, 0.2) is 11.6 Å². The number of hydrogen-bond acceptors (Lipinski definition) is 7. The van der Waals surface area contributed by atoms with E-state index in [9.17, 15) is 14.0 Å². The first-order valence-corrected chi connectivity index (χ1v) is 14.1. The second-order valence-corrected chi connectivity index (χ2v) is 10.8.